The number of benzene rings is 1. The highest BCUT2D eigenvalue weighted by atomic mass is 16.5. The lowest BCUT2D eigenvalue weighted by Gasteiger charge is -2.18. The van der Waals surface area contributed by atoms with Crippen molar-refractivity contribution in [1.82, 2.24) is 19.7 Å². The SMILES string of the molecule is C=C(OC)c1ccc(-c2cn(C(CC)c3ccccn3)c3cc(-c4c(C)noc4C)cnc23)cc1. The van der Waals surface area contributed by atoms with Crippen molar-refractivity contribution < 1.29 is 9.26 Å². The van der Waals surface area contributed by atoms with E-state index in [9.17, 15) is 0 Å². The molecule has 0 saturated heterocycles. The Morgan fingerprint density at radius 1 is 1.09 bits per heavy atom. The fourth-order valence-corrected chi connectivity index (χ4v) is 4.70. The first-order valence-corrected chi connectivity index (χ1v) is 11.7. The van der Waals surface area contributed by atoms with Crippen LogP contribution in [-0.2, 0) is 4.74 Å². The monoisotopic (exact) mass is 464 g/mol. The summed E-state index contributed by atoms with van der Waals surface area (Å²) in [5, 5.41) is 4.14. The minimum Gasteiger partial charge on any atom is -0.497 e. The number of rotatable bonds is 7. The molecule has 0 spiro atoms. The number of methoxy groups -OCH3 is 1. The Balaban J connectivity index is 1.72. The van der Waals surface area contributed by atoms with Crippen LogP contribution < -0.4 is 0 Å². The molecule has 35 heavy (non-hydrogen) atoms. The van der Waals surface area contributed by atoms with Crippen molar-refractivity contribution >= 4 is 16.8 Å². The third kappa shape index (κ3) is 4.01. The summed E-state index contributed by atoms with van der Waals surface area (Å²) in [6, 6.07) is 16.5. The molecule has 0 radical (unpaired) electrons. The average molecular weight is 465 g/mol. The molecule has 5 rings (SSSR count). The van der Waals surface area contributed by atoms with Gasteiger partial charge in [0.15, 0.2) is 0 Å². The Morgan fingerprint density at radius 2 is 1.89 bits per heavy atom. The molecule has 0 N–H and O–H groups in total. The first-order chi connectivity index (χ1) is 17.0. The molecule has 0 bridgehead atoms. The second kappa shape index (κ2) is 9.22. The standard InChI is InChI=1S/C29H28N4O2/c1-6-26(25-9-7-8-14-30-25)33-17-24(22-12-10-21(11-13-22)19(3)34-5)29-27(33)15-23(16-31-29)28-18(2)32-35-20(28)4/h7-17,26H,3,6H2,1-2,4-5H3. The normalized spacial score (nSPS) is 12.1. The maximum Gasteiger partial charge on any atom is 0.141 e. The van der Waals surface area contributed by atoms with Crippen LogP contribution in [0.1, 0.15) is 42.1 Å². The highest BCUT2D eigenvalue weighted by Gasteiger charge is 2.21. The van der Waals surface area contributed by atoms with E-state index in [-0.39, 0.29) is 6.04 Å². The molecular formula is C29H28N4O2. The highest BCUT2D eigenvalue weighted by Crippen LogP contribution is 2.37. The Bertz CT molecular complexity index is 1480. The topological polar surface area (TPSA) is 66.0 Å². The first-order valence-electron chi connectivity index (χ1n) is 11.7. The molecule has 6 heteroatoms. The van der Waals surface area contributed by atoms with Gasteiger partial charge < -0.3 is 13.8 Å². The lowest BCUT2D eigenvalue weighted by molar-refractivity contribution is 0.371. The third-order valence-electron chi connectivity index (χ3n) is 6.51. The molecule has 1 unspecified atom stereocenters. The lowest BCUT2D eigenvalue weighted by atomic mass is 10.0. The predicted molar refractivity (Wildman–Crippen MR) is 139 cm³/mol. The van der Waals surface area contributed by atoms with E-state index in [4.69, 9.17) is 14.2 Å². The fraction of sp³-hybridized carbons (Fsp3) is 0.207. The number of aryl methyl sites for hydroxylation is 2. The van der Waals surface area contributed by atoms with Crippen LogP contribution in [0.4, 0.5) is 0 Å². The molecule has 6 nitrogen and oxygen atoms in total. The van der Waals surface area contributed by atoms with Gasteiger partial charge in [0.1, 0.15) is 11.5 Å². The van der Waals surface area contributed by atoms with E-state index in [0.717, 1.165) is 62.4 Å². The van der Waals surface area contributed by atoms with Gasteiger partial charge in [0.25, 0.3) is 0 Å². The molecule has 0 aliphatic heterocycles. The van der Waals surface area contributed by atoms with Crippen molar-refractivity contribution in [1.29, 1.82) is 0 Å². The predicted octanol–water partition coefficient (Wildman–Crippen LogP) is 6.99. The second-order valence-electron chi connectivity index (χ2n) is 8.62. The van der Waals surface area contributed by atoms with Crippen LogP contribution in [0.3, 0.4) is 0 Å². The number of aromatic nitrogens is 4. The molecule has 5 aromatic rings. The van der Waals surface area contributed by atoms with Crippen molar-refractivity contribution in [2.75, 3.05) is 7.11 Å². The van der Waals surface area contributed by atoms with Gasteiger partial charge in [0, 0.05) is 40.8 Å². The number of hydrogen-bond acceptors (Lipinski definition) is 5. The van der Waals surface area contributed by atoms with Crippen molar-refractivity contribution in [3.8, 4) is 22.3 Å². The number of ether oxygens (including phenoxy) is 1. The fourth-order valence-electron chi connectivity index (χ4n) is 4.70. The Morgan fingerprint density at radius 3 is 2.51 bits per heavy atom. The zero-order valence-electron chi connectivity index (χ0n) is 20.4. The first kappa shape index (κ1) is 22.6. The lowest BCUT2D eigenvalue weighted by Crippen LogP contribution is -2.10. The molecule has 1 atom stereocenters. The van der Waals surface area contributed by atoms with E-state index in [1.807, 2.05) is 50.5 Å². The minimum absolute atomic E-state index is 0.0710. The third-order valence-corrected chi connectivity index (χ3v) is 6.51. The molecule has 176 valence electrons. The van der Waals surface area contributed by atoms with Gasteiger partial charge in [-0.25, -0.2) is 0 Å². The molecule has 1 aromatic carbocycles. The quantitative estimate of drug-likeness (QED) is 0.243. The van der Waals surface area contributed by atoms with Crippen LogP contribution in [-0.4, -0.2) is 26.8 Å². The van der Waals surface area contributed by atoms with Gasteiger partial charge >= 0.3 is 0 Å². The molecule has 0 aliphatic carbocycles. The zero-order chi connectivity index (χ0) is 24.5. The number of hydrogen-bond donors (Lipinski definition) is 0. The summed E-state index contributed by atoms with van der Waals surface area (Å²) in [6.45, 7) is 10.0. The van der Waals surface area contributed by atoms with Gasteiger partial charge in [-0.1, -0.05) is 49.0 Å². The van der Waals surface area contributed by atoms with E-state index < -0.39 is 0 Å². The molecule has 0 amide bonds. The molecule has 0 saturated carbocycles. The molecule has 0 aliphatic rings. The van der Waals surface area contributed by atoms with Crippen molar-refractivity contribution in [3.05, 3.63) is 96.4 Å². The summed E-state index contributed by atoms with van der Waals surface area (Å²) in [6.07, 6.45) is 6.84. The number of nitrogens with zero attached hydrogens (tertiary/aromatic N) is 4. The maximum atomic E-state index is 5.43. The van der Waals surface area contributed by atoms with Crippen molar-refractivity contribution in [2.24, 2.45) is 0 Å². The van der Waals surface area contributed by atoms with Crippen molar-refractivity contribution in [2.45, 2.75) is 33.2 Å². The van der Waals surface area contributed by atoms with E-state index in [1.165, 1.54) is 0 Å². The Kier molecular flexibility index (Phi) is 5.95. The van der Waals surface area contributed by atoms with Crippen LogP contribution >= 0.6 is 0 Å². The Hall–Kier alpha value is -4.19. The van der Waals surface area contributed by atoms with Crippen molar-refractivity contribution in [3.63, 3.8) is 0 Å². The molecule has 0 fully saturated rings. The van der Waals surface area contributed by atoms with Crippen LogP contribution in [0.5, 0.6) is 0 Å². The van der Waals surface area contributed by atoms with Crippen LogP contribution in [0.15, 0.2) is 78.2 Å². The average Bonchev–Trinajstić information content (AvgIpc) is 3.44. The maximum absolute atomic E-state index is 5.43. The van der Waals surface area contributed by atoms with E-state index in [2.05, 4.69) is 58.7 Å². The van der Waals surface area contributed by atoms with Gasteiger partial charge in [-0.2, -0.15) is 0 Å². The summed E-state index contributed by atoms with van der Waals surface area (Å²) < 4.78 is 13.0. The largest absolute Gasteiger partial charge is 0.497 e. The number of fused-ring (bicyclic) bond motifs is 1. The van der Waals surface area contributed by atoms with Gasteiger partial charge in [-0.15, -0.1) is 0 Å². The molecular weight excluding hydrogens is 436 g/mol. The molecule has 4 aromatic heterocycles. The number of pyridine rings is 2. The van der Waals surface area contributed by atoms with Gasteiger partial charge in [-0.3, -0.25) is 9.97 Å². The summed E-state index contributed by atoms with van der Waals surface area (Å²) in [5.41, 5.74) is 8.93. The van der Waals surface area contributed by atoms with Crippen LogP contribution in [0.25, 0.3) is 39.0 Å². The van der Waals surface area contributed by atoms with Gasteiger partial charge in [0.05, 0.1) is 35.6 Å². The minimum atomic E-state index is 0.0710. The summed E-state index contributed by atoms with van der Waals surface area (Å²) in [7, 11) is 1.63. The van der Waals surface area contributed by atoms with Crippen LogP contribution in [0, 0.1) is 13.8 Å². The van der Waals surface area contributed by atoms with E-state index in [0.29, 0.717) is 5.76 Å². The summed E-state index contributed by atoms with van der Waals surface area (Å²) >= 11 is 0. The van der Waals surface area contributed by atoms with E-state index in [1.54, 1.807) is 7.11 Å². The van der Waals surface area contributed by atoms with Gasteiger partial charge in [0.2, 0.25) is 0 Å². The zero-order valence-corrected chi connectivity index (χ0v) is 20.4. The summed E-state index contributed by atoms with van der Waals surface area (Å²) in [4.78, 5) is 9.61. The Labute approximate surface area is 204 Å². The molecule has 4 heterocycles. The van der Waals surface area contributed by atoms with E-state index >= 15 is 0 Å². The highest BCUT2D eigenvalue weighted by molar-refractivity contribution is 5.95. The summed E-state index contributed by atoms with van der Waals surface area (Å²) in [5.74, 6) is 1.43. The smallest absolute Gasteiger partial charge is 0.141 e. The van der Waals surface area contributed by atoms with Gasteiger partial charge in [-0.05, 0) is 44.0 Å². The van der Waals surface area contributed by atoms with Crippen LogP contribution in [0.2, 0.25) is 0 Å². The second-order valence-corrected chi connectivity index (χ2v) is 8.62.